The zero-order valence-corrected chi connectivity index (χ0v) is 20.1. The topological polar surface area (TPSA) is 74.2 Å². The number of benzene rings is 4. The van der Waals surface area contributed by atoms with E-state index in [4.69, 9.17) is 14.2 Å². The maximum absolute atomic E-state index is 12.5. The summed E-state index contributed by atoms with van der Waals surface area (Å²) in [5.74, 6) is -0.115. The summed E-state index contributed by atoms with van der Waals surface area (Å²) in [6.45, 7) is 2.21. The van der Waals surface area contributed by atoms with Gasteiger partial charge in [0.15, 0.2) is 17.2 Å². The summed E-state index contributed by atoms with van der Waals surface area (Å²) < 4.78 is 16.7. The Morgan fingerprint density at radius 3 is 2.16 bits per heavy atom. The molecule has 6 nitrogen and oxygen atoms in total. The molecule has 6 heteroatoms. The van der Waals surface area contributed by atoms with Gasteiger partial charge in [-0.15, -0.1) is 0 Å². The molecule has 0 bridgehead atoms. The molecule has 37 heavy (non-hydrogen) atoms. The van der Waals surface area contributed by atoms with Gasteiger partial charge in [-0.1, -0.05) is 66.7 Å². The summed E-state index contributed by atoms with van der Waals surface area (Å²) >= 11 is 0. The molecule has 0 unspecified atom stereocenters. The number of hydrogen-bond acceptors (Lipinski definition) is 6. The largest absolute Gasteiger partial charge is 0.490 e. The van der Waals surface area contributed by atoms with Crippen LogP contribution in [0.5, 0.6) is 11.5 Å². The summed E-state index contributed by atoms with van der Waals surface area (Å²) in [6.07, 6.45) is 1.61. The van der Waals surface area contributed by atoms with Crippen molar-refractivity contribution in [2.75, 3.05) is 6.61 Å². The van der Waals surface area contributed by atoms with Crippen LogP contribution in [0, 0.1) is 0 Å². The number of aliphatic imine (C=N–C) groups is 1. The van der Waals surface area contributed by atoms with Crippen molar-refractivity contribution in [2.45, 2.75) is 6.92 Å². The van der Waals surface area contributed by atoms with Crippen molar-refractivity contribution in [3.8, 4) is 22.6 Å². The van der Waals surface area contributed by atoms with E-state index in [2.05, 4.69) is 4.99 Å². The van der Waals surface area contributed by atoms with E-state index in [9.17, 15) is 9.59 Å². The maximum Gasteiger partial charge on any atom is 0.363 e. The van der Waals surface area contributed by atoms with Crippen LogP contribution in [0.2, 0.25) is 0 Å². The summed E-state index contributed by atoms with van der Waals surface area (Å²) in [7, 11) is 0. The lowest BCUT2D eigenvalue weighted by molar-refractivity contribution is -0.129. The number of ether oxygens (including phenoxy) is 3. The van der Waals surface area contributed by atoms with Crippen LogP contribution in [0.3, 0.4) is 0 Å². The number of hydrogen-bond donors (Lipinski definition) is 0. The minimum Gasteiger partial charge on any atom is -0.490 e. The van der Waals surface area contributed by atoms with Crippen LogP contribution in [0.25, 0.3) is 17.2 Å². The fraction of sp³-hybridized carbons (Fsp3) is 0.0645. The molecule has 182 valence electrons. The molecule has 0 fully saturated rings. The van der Waals surface area contributed by atoms with E-state index in [0.717, 1.165) is 11.1 Å². The van der Waals surface area contributed by atoms with Crippen LogP contribution < -0.4 is 9.47 Å². The molecule has 0 spiro atoms. The summed E-state index contributed by atoms with van der Waals surface area (Å²) in [5, 5.41) is 0. The molecule has 1 aliphatic rings. The minimum atomic E-state index is -0.542. The molecule has 1 heterocycles. The Morgan fingerprint density at radius 1 is 0.811 bits per heavy atom. The van der Waals surface area contributed by atoms with Crippen LogP contribution in [0.4, 0.5) is 0 Å². The minimum absolute atomic E-state index is 0.165. The standard InChI is InChI=1S/C31H23NO5/c1-2-35-28-20-21(13-18-27(28)36-30(33)25-11-7-4-8-12-25)19-26-31(34)37-29(32-26)24-16-14-23(15-17-24)22-9-5-3-6-10-22/h3-20H,2H2,1H3/b26-19-. The van der Waals surface area contributed by atoms with Gasteiger partial charge in [0.2, 0.25) is 5.90 Å². The SMILES string of the molecule is CCOc1cc(/C=C2\N=C(c3ccc(-c4ccccc4)cc3)OC2=O)ccc1OC(=O)c1ccccc1. The lowest BCUT2D eigenvalue weighted by Crippen LogP contribution is -2.09. The highest BCUT2D eigenvalue weighted by atomic mass is 16.6. The fourth-order valence-corrected chi connectivity index (χ4v) is 3.83. The Hall–Kier alpha value is -4.97. The van der Waals surface area contributed by atoms with Crippen LogP contribution >= 0.6 is 0 Å². The summed E-state index contributed by atoms with van der Waals surface area (Å²) in [5.41, 5.74) is 4.11. The van der Waals surface area contributed by atoms with Gasteiger partial charge in [-0.05, 0) is 66.1 Å². The van der Waals surface area contributed by atoms with Gasteiger partial charge in [-0.3, -0.25) is 0 Å². The Morgan fingerprint density at radius 2 is 1.46 bits per heavy atom. The van der Waals surface area contributed by atoms with Crippen molar-refractivity contribution >= 4 is 23.9 Å². The summed E-state index contributed by atoms with van der Waals surface area (Å²) in [4.78, 5) is 29.4. The first-order chi connectivity index (χ1) is 18.1. The molecule has 0 amide bonds. The lowest BCUT2D eigenvalue weighted by atomic mass is 10.0. The number of esters is 2. The predicted molar refractivity (Wildman–Crippen MR) is 141 cm³/mol. The van der Waals surface area contributed by atoms with Crippen molar-refractivity contribution in [1.29, 1.82) is 0 Å². The molecule has 0 atom stereocenters. The average Bonchev–Trinajstić information content (AvgIpc) is 3.31. The quantitative estimate of drug-likeness (QED) is 0.173. The van der Waals surface area contributed by atoms with Crippen molar-refractivity contribution in [3.63, 3.8) is 0 Å². The monoisotopic (exact) mass is 489 g/mol. The first-order valence-corrected chi connectivity index (χ1v) is 11.8. The van der Waals surface area contributed by atoms with Crippen LogP contribution in [-0.4, -0.2) is 24.4 Å². The number of rotatable bonds is 7. The van der Waals surface area contributed by atoms with Gasteiger partial charge in [0.25, 0.3) is 0 Å². The third-order valence-corrected chi connectivity index (χ3v) is 5.64. The molecule has 1 aliphatic heterocycles. The van der Waals surface area contributed by atoms with E-state index in [0.29, 0.717) is 29.0 Å². The Kier molecular flexibility index (Phi) is 6.90. The van der Waals surface area contributed by atoms with Gasteiger partial charge in [-0.25, -0.2) is 14.6 Å². The lowest BCUT2D eigenvalue weighted by Gasteiger charge is -2.11. The van der Waals surface area contributed by atoms with Gasteiger partial charge in [0.1, 0.15) is 0 Å². The van der Waals surface area contributed by atoms with Crippen LogP contribution in [0.15, 0.2) is 114 Å². The van der Waals surface area contributed by atoms with Gasteiger partial charge >= 0.3 is 11.9 Å². The first kappa shape index (κ1) is 23.8. The predicted octanol–water partition coefficient (Wildman–Crippen LogP) is 6.32. The van der Waals surface area contributed by atoms with E-state index >= 15 is 0 Å². The molecule has 4 aromatic carbocycles. The highest BCUT2D eigenvalue weighted by Gasteiger charge is 2.24. The van der Waals surface area contributed by atoms with Gasteiger partial charge in [0.05, 0.1) is 12.2 Å². The first-order valence-electron chi connectivity index (χ1n) is 11.8. The van der Waals surface area contributed by atoms with E-state index in [1.165, 1.54) is 0 Å². The molecule has 0 aromatic heterocycles. The van der Waals surface area contributed by atoms with Crippen molar-refractivity contribution < 1.29 is 23.8 Å². The van der Waals surface area contributed by atoms with E-state index < -0.39 is 11.9 Å². The third kappa shape index (κ3) is 5.49. The van der Waals surface area contributed by atoms with E-state index in [-0.39, 0.29) is 17.3 Å². The normalized spacial score (nSPS) is 13.7. The van der Waals surface area contributed by atoms with Crippen molar-refractivity contribution in [3.05, 3.63) is 126 Å². The Bertz CT molecular complexity index is 1490. The Labute approximate surface area is 214 Å². The molecule has 0 radical (unpaired) electrons. The second kappa shape index (κ2) is 10.7. The maximum atomic E-state index is 12.5. The number of cyclic esters (lactones) is 1. The molecule has 0 aliphatic carbocycles. The zero-order valence-electron chi connectivity index (χ0n) is 20.1. The Balaban J connectivity index is 1.37. The number of carbonyl (C=O) groups excluding carboxylic acids is 2. The highest BCUT2D eigenvalue weighted by Crippen LogP contribution is 2.31. The van der Waals surface area contributed by atoms with Crippen molar-refractivity contribution in [1.82, 2.24) is 0 Å². The molecule has 0 N–H and O–H groups in total. The second-order valence-electron chi connectivity index (χ2n) is 8.17. The van der Waals surface area contributed by atoms with Gasteiger partial charge < -0.3 is 14.2 Å². The second-order valence-corrected chi connectivity index (χ2v) is 8.17. The van der Waals surface area contributed by atoms with E-state index in [1.807, 2.05) is 67.6 Å². The highest BCUT2D eigenvalue weighted by molar-refractivity contribution is 6.13. The van der Waals surface area contributed by atoms with Crippen LogP contribution in [0.1, 0.15) is 28.4 Å². The van der Waals surface area contributed by atoms with E-state index in [1.54, 1.807) is 48.5 Å². The van der Waals surface area contributed by atoms with Crippen molar-refractivity contribution in [2.24, 2.45) is 4.99 Å². The molecule has 5 rings (SSSR count). The van der Waals surface area contributed by atoms with Gasteiger partial charge in [-0.2, -0.15) is 0 Å². The smallest absolute Gasteiger partial charge is 0.363 e. The molecule has 0 saturated carbocycles. The summed E-state index contributed by atoms with van der Waals surface area (Å²) in [6, 6.07) is 31.5. The zero-order chi connectivity index (χ0) is 25.6. The molecule has 4 aromatic rings. The molecule has 0 saturated heterocycles. The van der Waals surface area contributed by atoms with Crippen LogP contribution in [-0.2, 0) is 9.53 Å². The number of carbonyl (C=O) groups is 2. The molecular formula is C31H23NO5. The molecular weight excluding hydrogens is 466 g/mol. The van der Waals surface area contributed by atoms with Gasteiger partial charge in [0, 0.05) is 5.56 Å². The fourth-order valence-electron chi connectivity index (χ4n) is 3.83. The average molecular weight is 490 g/mol. The number of nitrogens with zero attached hydrogens (tertiary/aromatic N) is 1. The third-order valence-electron chi connectivity index (χ3n) is 5.64.